The number of H-pyrrole nitrogens is 1. The number of carboxylic acids is 1. The van der Waals surface area contributed by atoms with Crippen molar-refractivity contribution >= 4 is 11.9 Å². The Kier molecular flexibility index (Phi) is 5.11. The van der Waals surface area contributed by atoms with E-state index in [2.05, 4.69) is 20.3 Å². The van der Waals surface area contributed by atoms with E-state index in [0.717, 1.165) is 24.1 Å². The molecule has 1 aromatic carbocycles. The minimum atomic E-state index is -1.10. The molecule has 1 aliphatic heterocycles. The number of nitrogens with one attached hydrogen (secondary N) is 1. The Hall–Kier alpha value is -3.49. The van der Waals surface area contributed by atoms with Crippen LogP contribution in [0.2, 0.25) is 0 Å². The third-order valence-corrected chi connectivity index (χ3v) is 5.14. The number of hydrogen-bond acceptors (Lipinski definition) is 5. The number of carbonyl (C=O) groups is 2. The lowest BCUT2D eigenvalue weighted by Gasteiger charge is -2.32. The number of piperidine rings is 1. The number of amides is 1. The van der Waals surface area contributed by atoms with Crippen molar-refractivity contribution in [1.82, 2.24) is 29.9 Å². The van der Waals surface area contributed by atoms with Gasteiger partial charge in [-0.3, -0.25) is 9.48 Å². The molecule has 3 aromatic rings. The summed E-state index contributed by atoms with van der Waals surface area (Å²) < 4.78 is 1.54. The van der Waals surface area contributed by atoms with Gasteiger partial charge in [-0.25, -0.2) is 9.78 Å². The van der Waals surface area contributed by atoms with E-state index in [1.165, 1.54) is 10.9 Å². The Bertz CT molecular complexity index is 1030. The maximum Gasteiger partial charge on any atom is 0.358 e. The molecular weight excluding hydrogens is 372 g/mol. The first-order chi connectivity index (χ1) is 14.0. The Morgan fingerprint density at radius 3 is 2.79 bits per heavy atom. The van der Waals surface area contributed by atoms with Crippen molar-refractivity contribution in [2.24, 2.45) is 5.92 Å². The van der Waals surface area contributed by atoms with Crippen LogP contribution in [-0.2, 0) is 6.54 Å². The molecule has 0 unspecified atom stereocenters. The van der Waals surface area contributed by atoms with Crippen molar-refractivity contribution in [1.29, 1.82) is 0 Å². The summed E-state index contributed by atoms with van der Waals surface area (Å²) in [6.07, 6.45) is 3.25. The second-order valence-corrected chi connectivity index (χ2v) is 7.32. The summed E-state index contributed by atoms with van der Waals surface area (Å²) in [5, 5.41) is 16.5. The van der Waals surface area contributed by atoms with Gasteiger partial charge in [0.2, 0.25) is 0 Å². The van der Waals surface area contributed by atoms with Crippen LogP contribution in [0.25, 0.3) is 11.4 Å². The highest BCUT2D eigenvalue weighted by molar-refractivity contribution is 5.94. The molecule has 0 spiro atoms. The first kappa shape index (κ1) is 18.9. The first-order valence-corrected chi connectivity index (χ1v) is 9.56. The van der Waals surface area contributed by atoms with Crippen LogP contribution in [0.5, 0.6) is 0 Å². The molecule has 1 fully saturated rings. The number of carboxylic acid groups (broad SMARTS) is 1. The molecule has 1 amide bonds. The van der Waals surface area contributed by atoms with Gasteiger partial charge in [0.05, 0.1) is 6.20 Å². The maximum atomic E-state index is 13.1. The molecule has 0 saturated carbocycles. The summed E-state index contributed by atoms with van der Waals surface area (Å²) >= 11 is 0. The summed E-state index contributed by atoms with van der Waals surface area (Å²) in [5.74, 6) is -0.317. The van der Waals surface area contributed by atoms with Gasteiger partial charge in [-0.15, -0.1) is 5.10 Å². The van der Waals surface area contributed by atoms with Crippen LogP contribution in [0.3, 0.4) is 0 Å². The predicted octanol–water partition coefficient (Wildman–Crippen LogP) is 2.23. The van der Waals surface area contributed by atoms with Crippen molar-refractivity contribution < 1.29 is 14.7 Å². The number of nitrogens with zero attached hydrogens (tertiary/aromatic N) is 5. The molecule has 3 heterocycles. The number of rotatable bonds is 5. The third-order valence-electron chi connectivity index (χ3n) is 5.14. The topological polar surface area (TPSA) is 117 Å². The summed E-state index contributed by atoms with van der Waals surface area (Å²) in [5.41, 5.74) is 2.05. The van der Waals surface area contributed by atoms with Gasteiger partial charge in [0.15, 0.2) is 5.69 Å². The van der Waals surface area contributed by atoms with Crippen LogP contribution >= 0.6 is 0 Å². The fourth-order valence-electron chi connectivity index (χ4n) is 3.70. The molecule has 4 rings (SSSR count). The molecule has 1 saturated heterocycles. The van der Waals surface area contributed by atoms with E-state index in [1.807, 2.05) is 42.2 Å². The minimum absolute atomic E-state index is 0.0747. The van der Waals surface area contributed by atoms with Gasteiger partial charge in [0, 0.05) is 30.9 Å². The number of aryl methyl sites for hydroxylation is 1. The van der Waals surface area contributed by atoms with Crippen molar-refractivity contribution in [3.05, 3.63) is 53.6 Å². The third kappa shape index (κ3) is 4.03. The van der Waals surface area contributed by atoms with Gasteiger partial charge in [-0.1, -0.05) is 35.5 Å². The van der Waals surface area contributed by atoms with Crippen LogP contribution in [0.4, 0.5) is 0 Å². The number of aromatic carboxylic acids is 1. The summed E-state index contributed by atoms with van der Waals surface area (Å²) in [6.45, 7) is 3.64. The zero-order valence-electron chi connectivity index (χ0n) is 16.1. The van der Waals surface area contributed by atoms with E-state index in [9.17, 15) is 9.59 Å². The fraction of sp³-hybridized carbons (Fsp3) is 0.350. The SMILES string of the molecule is Cc1[nH]c(-c2ccccc2)nc1C(=O)N1CCC[C@@H](Cn2cc(C(=O)O)nn2)C1. The Labute approximate surface area is 167 Å². The molecule has 2 N–H and O–H groups in total. The van der Waals surface area contributed by atoms with E-state index in [1.54, 1.807) is 0 Å². The quantitative estimate of drug-likeness (QED) is 0.685. The molecule has 0 radical (unpaired) electrons. The second kappa shape index (κ2) is 7.86. The van der Waals surface area contributed by atoms with E-state index < -0.39 is 5.97 Å². The van der Waals surface area contributed by atoms with Crippen molar-refractivity contribution in [2.45, 2.75) is 26.3 Å². The number of benzene rings is 1. The largest absolute Gasteiger partial charge is 0.476 e. The zero-order chi connectivity index (χ0) is 20.4. The second-order valence-electron chi connectivity index (χ2n) is 7.32. The highest BCUT2D eigenvalue weighted by Crippen LogP contribution is 2.23. The lowest BCUT2D eigenvalue weighted by atomic mass is 9.97. The average Bonchev–Trinajstić information content (AvgIpc) is 3.35. The normalized spacial score (nSPS) is 16.7. The van der Waals surface area contributed by atoms with Gasteiger partial charge in [0.1, 0.15) is 11.5 Å². The molecule has 9 nitrogen and oxygen atoms in total. The van der Waals surface area contributed by atoms with E-state index in [4.69, 9.17) is 5.11 Å². The first-order valence-electron chi connectivity index (χ1n) is 9.56. The van der Waals surface area contributed by atoms with Gasteiger partial charge < -0.3 is 15.0 Å². The molecule has 0 aliphatic carbocycles. The molecule has 1 aliphatic rings. The highest BCUT2D eigenvalue weighted by Gasteiger charge is 2.28. The highest BCUT2D eigenvalue weighted by atomic mass is 16.4. The molecule has 9 heteroatoms. The van der Waals surface area contributed by atoms with Crippen molar-refractivity contribution in [3.8, 4) is 11.4 Å². The lowest BCUT2D eigenvalue weighted by Crippen LogP contribution is -2.41. The fourth-order valence-corrected chi connectivity index (χ4v) is 3.70. The molecular formula is C20H22N6O3. The Balaban J connectivity index is 1.46. The molecule has 0 bridgehead atoms. The number of imidazole rings is 1. The van der Waals surface area contributed by atoms with E-state index in [-0.39, 0.29) is 17.5 Å². The minimum Gasteiger partial charge on any atom is -0.476 e. The van der Waals surface area contributed by atoms with Gasteiger partial charge in [-0.05, 0) is 25.7 Å². The summed E-state index contributed by atoms with van der Waals surface area (Å²) in [7, 11) is 0. The van der Waals surface area contributed by atoms with Crippen LogP contribution < -0.4 is 0 Å². The van der Waals surface area contributed by atoms with E-state index >= 15 is 0 Å². The Morgan fingerprint density at radius 1 is 1.28 bits per heavy atom. The summed E-state index contributed by atoms with van der Waals surface area (Å²) in [4.78, 5) is 33.6. The van der Waals surface area contributed by atoms with Gasteiger partial charge in [0.25, 0.3) is 5.91 Å². The van der Waals surface area contributed by atoms with Crippen LogP contribution in [-0.4, -0.2) is 59.9 Å². The molecule has 29 heavy (non-hydrogen) atoms. The summed E-state index contributed by atoms with van der Waals surface area (Å²) in [6, 6.07) is 9.71. The number of aromatic nitrogens is 5. The molecule has 2 aromatic heterocycles. The number of hydrogen-bond donors (Lipinski definition) is 2. The van der Waals surface area contributed by atoms with E-state index in [0.29, 0.717) is 31.2 Å². The smallest absolute Gasteiger partial charge is 0.358 e. The monoisotopic (exact) mass is 394 g/mol. The van der Waals surface area contributed by atoms with Crippen LogP contribution in [0.15, 0.2) is 36.5 Å². The van der Waals surface area contributed by atoms with Crippen LogP contribution in [0.1, 0.15) is 39.5 Å². The van der Waals surface area contributed by atoms with Crippen LogP contribution in [0, 0.1) is 12.8 Å². The van der Waals surface area contributed by atoms with Gasteiger partial charge in [-0.2, -0.15) is 0 Å². The Morgan fingerprint density at radius 2 is 2.07 bits per heavy atom. The van der Waals surface area contributed by atoms with Crippen molar-refractivity contribution in [2.75, 3.05) is 13.1 Å². The zero-order valence-corrected chi connectivity index (χ0v) is 16.1. The maximum absolute atomic E-state index is 13.1. The number of aromatic amines is 1. The van der Waals surface area contributed by atoms with Gasteiger partial charge >= 0.3 is 5.97 Å². The lowest BCUT2D eigenvalue weighted by molar-refractivity contribution is 0.0652. The average molecular weight is 394 g/mol. The van der Waals surface area contributed by atoms with Crippen molar-refractivity contribution in [3.63, 3.8) is 0 Å². The predicted molar refractivity (Wildman–Crippen MR) is 104 cm³/mol. The number of likely N-dealkylation sites (tertiary alicyclic amines) is 1. The molecule has 1 atom stereocenters. The molecule has 150 valence electrons. The number of carbonyl (C=O) groups excluding carboxylic acids is 1. The standard InChI is InChI=1S/C20H22N6O3/c1-13-17(22-18(21-13)15-7-3-2-4-8-15)19(27)25-9-5-6-14(10-25)11-26-12-16(20(28)29)23-24-26/h2-4,7-8,12,14H,5-6,9-11H2,1H3,(H,21,22)(H,28,29)/t14-/m1/s1.